The molecule has 172 valence electrons. The Hall–Kier alpha value is -2.62. The fourth-order valence-corrected chi connectivity index (χ4v) is 5.84. The number of nitrogens with zero attached hydrogens (tertiary/aromatic N) is 5. The van der Waals surface area contributed by atoms with E-state index in [-0.39, 0.29) is 5.41 Å². The molecule has 0 spiro atoms. The third-order valence-electron chi connectivity index (χ3n) is 6.51. The first-order valence-electron chi connectivity index (χ1n) is 11.1. The van der Waals surface area contributed by atoms with Crippen LogP contribution in [0.25, 0.3) is 21.6 Å². The molecule has 1 saturated heterocycles. The minimum Gasteiger partial charge on any atom is -0.470 e. The Balaban J connectivity index is 1.34. The van der Waals surface area contributed by atoms with E-state index in [0.29, 0.717) is 28.8 Å². The fraction of sp³-hybridized carbons (Fsp3) is 0.435. The zero-order chi connectivity index (χ0) is 22.8. The molecule has 0 aromatic carbocycles. The normalized spacial score (nSPS) is 21.0. The van der Waals surface area contributed by atoms with Crippen molar-refractivity contribution in [2.75, 3.05) is 19.7 Å². The summed E-state index contributed by atoms with van der Waals surface area (Å²) >= 11 is 7.48. The van der Waals surface area contributed by atoms with Gasteiger partial charge in [0, 0.05) is 22.4 Å². The molecule has 4 aromatic rings. The van der Waals surface area contributed by atoms with Crippen LogP contribution in [0, 0.1) is 11.8 Å². The molecule has 0 bridgehead atoms. The van der Waals surface area contributed by atoms with Crippen molar-refractivity contribution in [2.24, 2.45) is 11.8 Å². The van der Waals surface area contributed by atoms with Gasteiger partial charge in [-0.3, -0.25) is 0 Å². The second-order valence-corrected chi connectivity index (χ2v) is 10.0. The lowest BCUT2D eigenvalue weighted by Gasteiger charge is -2.44. The maximum atomic E-state index is 6.14. The summed E-state index contributed by atoms with van der Waals surface area (Å²) in [7, 11) is 0. The largest absolute Gasteiger partial charge is 0.470 e. The number of ether oxygens (including phenoxy) is 1. The average Bonchev–Trinajstić information content (AvgIpc) is 3.49. The Labute approximate surface area is 200 Å². The molecule has 1 unspecified atom stereocenters. The van der Waals surface area contributed by atoms with Crippen molar-refractivity contribution in [3.63, 3.8) is 0 Å². The SMILES string of the molecule is CC(C)C1CNCC[C@@]1(CCOc1nc2ccc(-c3ccnc(Cl)c3)nc2s1)c1cnno1. The number of thiazole rings is 1. The van der Waals surface area contributed by atoms with Crippen LogP contribution >= 0.6 is 22.9 Å². The third kappa shape index (κ3) is 4.45. The lowest BCUT2D eigenvalue weighted by molar-refractivity contribution is 0.0902. The van der Waals surface area contributed by atoms with E-state index < -0.39 is 0 Å². The van der Waals surface area contributed by atoms with Gasteiger partial charge in [0.1, 0.15) is 15.5 Å². The van der Waals surface area contributed by atoms with Gasteiger partial charge >= 0.3 is 0 Å². The monoisotopic (exact) mass is 484 g/mol. The fourth-order valence-electron chi connectivity index (χ4n) is 4.85. The molecule has 0 amide bonds. The van der Waals surface area contributed by atoms with Crippen molar-refractivity contribution in [2.45, 2.75) is 32.1 Å². The molecule has 0 saturated carbocycles. The first-order chi connectivity index (χ1) is 16.0. The van der Waals surface area contributed by atoms with E-state index in [1.807, 2.05) is 18.2 Å². The summed E-state index contributed by atoms with van der Waals surface area (Å²) in [5, 5.41) is 12.3. The van der Waals surface area contributed by atoms with Gasteiger partial charge in [-0.05, 0) is 62.0 Å². The van der Waals surface area contributed by atoms with Crippen LogP contribution in [0.2, 0.25) is 5.15 Å². The van der Waals surface area contributed by atoms with Gasteiger partial charge in [-0.25, -0.2) is 15.0 Å². The quantitative estimate of drug-likeness (QED) is 0.375. The molecule has 5 rings (SSSR count). The maximum Gasteiger partial charge on any atom is 0.275 e. The van der Waals surface area contributed by atoms with E-state index in [2.05, 4.69) is 39.5 Å². The van der Waals surface area contributed by atoms with Crippen molar-refractivity contribution >= 4 is 33.3 Å². The Bertz CT molecular complexity index is 1230. The minimum atomic E-state index is -0.161. The van der Waals surface area contributed by atoms with Gasteiger partial charge in [0.25, 0.3) is 5.19 Å². The topological polar surface area (TPSA) is 98.8 Å². The number of halogens is 1. The number of pyridine rings is 2. The van der Waals surface area contributed by atoms with E-state index >= 15 is 0 Å². The number of aromatic nitrogens is 5. The van der Waals surface area contributed by atoms with Crippen molar-refractivity contribution in [1.82, 2.24) is 30.6 Å². The number of nitrogens with one attached hydrogen (secondary N) is 1. The molecule has 0 aliphatic carbocycles. The molecule has 1 fully saturated rings. The molecular formula is C23H25ClN6O2S. The van der Waals surface area contributed by atoms with Crippen LogP contribution in [0.15, 0.2) is 41.2 Å². The van der Waals surface area contributed by atoms with Gasteiger partial charge in [0.15, 0.2) is 5.76 Å². The summed E-state index contributed by atoms with van der Waals surface area (Å²) in [5.41, 5.74) is 2.40. The number of hydrogen-bond donors (Lipinski definition) is 1. The minimum absolute atomic E-state index is 0.161. The molecule has 8 nitrogen and oxygen atoms in total. The van der Waals surface area contributed by atoms with Crippen LogP contribution in [-0.4, -0.2) is 45.0 Å². The van der Waals surface area contributed by atoms with Gasteiger partial charge in [-0.15, -0.1) is 5.10 Å². The highest BCUT2D eigenvalue weighted by atomic mass is 35.5. The molecule has 10 heteroatoms. The van der Waals surface area contributed by atoms with Gasteiger partial charge in [-0.2, -0.15) is 0 Å². The summed E-state index contributed by atoms with van der Waals surface area (Å²) < 4.78 is 11.7. The standard InChI is InChI=1S/C23H25ClN6O2S/c1-14(2)16-12-25-9-6-23(16,19-13-27-30-32-19)7-10-31-22-29-18-4-3-17(28-21(18)33-22)15-5-8-26-20(24)11-15/h3-5,8,11,13-14,16,25H,6-7,9-10,12H2,1-2H3/t16?,23-/m0/s1. The molecule has 2 atom stereocenters. The summed E-state index contributed by atoms with van der Waals surface area (Å²) in [5.74, 6) is 1.73. The predicted molar refractivity (Wildman–Crippen MR) is 128 cm³/mol. The van der Waals surface area contributed by atoms with Crippen molar-refractivity contribution in [1.29, 1.82) is 0 Å². The predicted octanol–water partition coefficient (Wildman–Crippen LogP) is 4.76. The van der Waals surface area contributed by atoms with Crippen LogP contribution in [0.5, 0.6) is 5.19 Å². The first kappa shape index (κ1) is 22.2. The van der Waals surface area contributed by atoms with Crippen LogP contribution < -0.4 is 10.1 Å². The second kappa shape index (κ2) is 9.32. The van der Waals surface area contributed by atoms with Crippen molar-refractivity contribution in [3.8, 4) is 16.5 Å². The lowest BCUT2D eigenvalue weighted by Crippen LogP contribution is -2.50. The molecule has 0 radical (unpaired) electrons. The summed E-state index contributed by atoms with van der Waals surface area (Å²) in [6, 6.07) is 7.58. The average molecular weight is 485 g/mol. The Kier molecular flexibility index (Phi) is 6.27. The Morgan fingerprint density at radius 3 is 3.00 bits per heavy atom. The van der Waals surface area contributed by atoms with E-state index in [0.717, 1.165) is 53.3 Å². The highest BCUT2D eigenvalue weighted by molar-refractivity contribution is 7.19. The van der Waals surface area contributed by atoms with Crippen LogP contribution in [0.1, 0.15) is 32.4 Å². The van der Waals surface area contributed by atoms with E-state index in [1.165, 1.54) is 11.3 Å². The van der Waals surface area contributed by atoms with Gasteiger partial charge in [-0.1, -0.05) is 36.8 Å². The van der Waals surface area contributed by atoms with E-state index in [4.69, 9.17) is 25.8 Å². The maximum absolute atomic E-state index is 6.14. The molecule has 33 heavy (non-hydrogen) atoms. The van der Waals surface area contributed by atoms with Gasteiger partial charge < -0.3 is 14.6 Å². The van der Waals surface area contributed by atoms with Crippen molar-refractivity contribution in [3.05, 3.63) is 47.6 Å². The zero-order valence-corrected chi connectivity index (χ0v) is 20.1. The highest BCUT2D eigenvalue weighted by Crippen LogP contribution is 2.44. The Morgan fingerprint density at radius 2 is 2.21 bits per heavy atom. The smallest absolute Gasteiger partial charge is 0.275 e. The lowest BCUT2D eigenvalue weighted by atomic mass is 9.63. The second-order valence-electron chi connectivity index (χ2n) is 8.71. The van der Waals surface area contributed by atoms with Crippen molar-refractivity contribution < 1.29 is 9.26 Å². The molecule has 5 heterocycles. The first-order valence-corrected chi connectivity index (χ1v) is 12.3. The number of piperidine rings is 1. The van der Waals surface area contributed by atoms with Crippen LogP contribution in [0.3, 0.4) is 0 Å². The highest BCUT2D eigenvalue weighted by Gasteiger charge is 2.46. The Morgan fingerprint density at radius 1 is 1.30 bits per heavy atom. The number of hydrogen-bond acceptors (Lipinski definition) is 9. The van der Waals surface area contributed by atoms with Gasteiger partial charge in [0.2, 0.25) is 0 Å². The molecule has 1 aliphatic heterocycles. The molecule has 1 N–H and O–H groups in total. The number of rotatable bonds is 7. The van der Waals surface area contributed by atoms with E-state index in [1.54, 1.807) is 18.5 Å². The molecule has 4 aromatic heterocycles. The molecular weight excluding hydrogens is 460 g/mol. The van der Waals surface area contributed by atoms with Gasteiger partial charge in [0.05, 0.1) is 18.5 Å². The third-order valence-corrected chi connectivity index (χ3v) is 7.59. The van der Waals surface area contributed by atoms with Crippen LogP contribution in [0.4, 0.5) is 0 Å². The van der Waals surface area contributed by atoms with E-state index in [9.17, 15) is 0 Å². The summed E-state index contributed by atoms with van der Waals surface area (Å²) in [4.78, 5) is 14.2. The summed E-state index contributed by atoms with van der Waals surface area (Å²) in [6.45, 7) is 6.90. The summed E-state index contributed by atoms with van der Waals surface area (Å²) in [6.07, 6.45) is 5.19. The zero-order valence-electron chi connectivity index (χ0n) is 18.5. The van der Waals surface area contributed by atoms with Crippen LogP contribution in [-0.2, 0) is 5.41 Å². The molecule has 1 aliphatic rings. The number of fused-ring (bicyclic) bond motifs is 1.